The standard InChI is InChI=1S/C16H17N3O/c1-2-7-15(14-10-6-11-17-12-14)18-19-16(20)13-8-4-3-5-9-13/h2-6,8-12,15,18H,1,7H2,(H,19,20). The van der Waals surface area contributed by atoms with E-state index in [1.54, 1.807) is 30.6 Å². The third kappa shape index (κ3) is 3.76. The molecule has 20 heavy (non-hydrogen) atoms. The van der Waals surface area contributed by atoms with E-state index in [0.29, 0.717) is 12.0 Å². The first-order chi connectivity index (χ1) is 9.81. The third-order valence-corrected chi connectivity index (χ3v) is 2.89. The zero-order valence-corrected chi connectivity index (χ0v) is 11.1. The van der Waals surface area contributed by atoms with E-state index < -0.39 is 0 Å². The molecule has 0 fully saturated rings. The monoisotopic (exact) mass is 267 g/mol. The number of benzene rings is 1. The third-order valence-electron chi connectivity index (χ3n) is 2.89. The van der Waals surface area contributed by atoms with Gasteiger partial charge in [-0.15, -0.1) is 6.58 Å². The lowest BCUT2D eigenvalue weighted by molar-refractivity contribution is 0.0925. The lowest BCUT2D eigenvalue weighted by Crippen LogP contribution is -2.39. The van der Waals surface area contributed by atoms with Crippen molar-refractivity contribution in [3.8, 4) is 0 Å². The maximum atomic E-state index is 12.0. The molecule has 0 saturated carbocycles. The maximum absolute atomic E-state index is 12.0. The maximum Gasteiger partial charge on any atom is 0.265 e. The molecule has 102 valence electrons. The molecule has 1 amide bonds. The van der Waals surface area contributed by atoms with Crippen LogP contribution in [0.25, 0.3) is 0 Å². The first-order valence-electron chi connectivity index (χ1n) is 6.43. The predicted octanol–water partition coefficient (Wildman–Crippen LogP) is 2.63. The molecule has 0 radical (unpaired) electrons. The van der Waals surface area contributed by atoms with E-state index in [-0.39, 0.29) is 11.9 Å². The number of carbonyl (C=O) groups is 1. The average Bonchev–Trinajstić information content (AvgIpc) is 2.53. The zero-order chi connectivity index (χ0) is 14.2. The fraction of sp³-hybridized carbons (Fsp3) is 0.125. The molecule has 2 aromatic rings. The smallest absolute Gasteiger partial charge is 0.265 e. The van der Waals surface area contributed by atoms with Crippen molar-refractivity contribution >= 4 is 5.91 Å². The van der Waals surface area contributed by atoms with E-state index >= 15 is 0 Å². The van der Waals surface area contributed by atoms with Crippen molar-refractivity contribution in [3.05, 3.63) is 78.6 Å². The van der Waals surface area contributed by atoms with Gasteiger partial charge in [-0.25, -0.2) is 5.43 Å². The summed E-state index contributed by atoms with van der Waals surface area (Å²) < 4.78 is 0. The minimum atomic E-state index is -0.163. The summed E-state index contributed by atoms with van der Waals surface area (Å²) in [5.41, 5.74) is 7.36. The fourth-order valence-corrected chi connectivity index (χ4v) is 1.84. The van der Waals surface area contributed by atoms with E-state index in [1.807, 2.05) is 30.3 Å². The highest BCUT2D eigenvalue weighted by Crippen LogP contribution is 2.14. The molecule has 0 aliphatic carbocycles. The van der Waals surface area contributed by atoms with Crippen molar-refractivity contribution in [3.63, 3.8) is 0 Å². The number of hydrogen-bond donors (Lipinski definition) is 2. The normalized spacial score (nSPS) is 11.6. The van der Waals surface area contributed by atoms with Crippen LogP contribution in [-0.4, -0.2) is 10.9 Å². The lowest BCUT2D eigenvalue weighted by Gasteiger charge is -2.18. The highest BCUT2D eigenvalue weighted by atomic mass is 16.2. The Balaban J connectivity index is 1.99. The van der Waals surface area contributed by atoms with Crippen LogP contribution in [-0.2, 0) is 0 Å². The number of carbonyl (C=O) groups excluding carboxylic acids is 1. The molecule has 0 spiro atoms. The van der Waals surface area contributed by atoms with Gasteiger partial charge in [0.15, 0.2) is 0 Å². The van der Waals surface area contributed by atoms with Gasteiger partial charge in [0.05, 0.1) is 6.04 Å². The van der Waals surface area contributed by atoms with Crippen molar-refractivity contribution in [1.82, 2.24) is 15.8 Å². The molecule has 1 aromatic carbocycles. The van der Waals surface area contributed by atoms with Gasteiger partial charge < -0.3 is 0 Å². The highest BCUT2D eigenvalue weighted by molar-refractivity contribution is 5.93. The number of nitrogens with zero attached hydrogens (tertiary/aromatic N) is 1. The molecular formula is C16H17N3O. The number of aromatic nitrogens is 1. The van der Waals surface area contributed by atoms with Crippen molar-refractivity contribution in [2.24, 2.45) is 0 Å². The molecule has 0 bridgehead atoms. The number of nitrogens with one attached hydrogen (secondary N) is 2. The summed E-state index contributed by atoms with van der Waals surface area (Å²) in [7, 11) is 0. The first kappa shape index (κ1) is 14.0. The van der Waals surface area contributed by atoms with Crippen LogP contribution in [0.5, 0.6) is 0 Å². The van der Waals surface area contributed by atoms with Crippen molar-refractivity contribution in [2.45, 2.75) is 12.5 Å². The van der Waals surface area contributed by atoms with Gasteiger partial charge in [0.1, 0.15) is 0 Å². The van der Waals surface area contributed by atoms with Gasteiger partial charge in [-0.3, -0.25) is 15.2 Å². The molecule has 0 saturated heterocycles. The van der Waals surface area contributed by atoms with Crippen LogP contribution < -0.4 is 10.9 Å². The molecule has 1 aromatic heterocycles. The van der Waals surface area contributed by atoms with E-state index in [2.05, 4.69) is 22.4 Å². The van der Waals surface area contributed by atoms with Crippen molar-refractivity contribution in [1.29, 1.82) is 0 Å². The zero-order valence-electron chi connectivity index (χ0n) is 11.1. The topological polar surface area (TPSA) is 54.0 Å². The molecular weight excluding hydrogens is 250 g/mol. The van der Waals surface area contributed by atoms with Crippen LogP contribution in [0.15, 0.2) is 67.5 Å². The first-order valence-corrected chi connectivity index (χ1v) is 6.43. The number of amides is 1. The van der Waals surface area contributed by atoms with Gasteiger partial charge in [-0.1, -0.05) is 30.3 Å². The van der Waals surface area contributed by atoms with E-state index in [4.69, 9.17) is 0 Å². The number of hydrazine groups is 1. The second-order valence-corrected chi connectivity index (χ2v) is 4.33. The Morgan fingerprint density at radius 3 is 2.70 bits per heavy atom. The second-order valence-electron chi connectivity index (χ2n) is 4.33. The Kier molecular flexibility index (Phi) is 5.03. The van der Waals surface area contributed by atoms with Crippen LogP contribution >= 0.6 is 0 Å². The van der Waals surface area contributed by atoms with Gasteiger partial charge in [0.2, 0.25) is 0 Å². The minimum Gasteiger partial charge on any atom is -0.287 e. The predicted molar refractivity (Wildman–Crippen MR) is 78.8 cm³/mol. The van der Waals surface area contributed by atoms with Crippen LogP contribution in [0.4, 0.5) is 0 Å². The summed E-state index contributed by atoms with van der Waals surface area (Å²) >= 11 is 0. The molecule has 0 aliphatic heterocycles. The molecule has 1 heterocycles. The summed E-state index contributed by atoms with van der Waals surface area (Å²) in [4.78, 5) is 16.1. The number of hydrogen-bond acceptors (Lipinski definition) is 3. The van der Waals surface area contributed by atoms with Gasteiger partial charge >= 0.3 is 0 Å². The Labute approximate surface area is 118 Å². The highest BCUT2D eigenvalue weighted by Gasteiger charge is 2.11. The summed E-state index contributed by atoms with van der Waals surface area (Å²) in [6.07, 6.45) is 5.99. The molecule has 4 nitrogen and oxygen atoms in total. The van der Waals surface area contributed by atoms with Crippen LogP contribution in [0.2, 0.25) is 0 Å². The SMILES string of the molecule is C=CCC(NNC(=O)c1ccccc1)c1cccnc1. The van der Waals surface area contributed by atoms with Crippen LogP contribution in [0.3, 0.4) is 0 Å². The summed E-state index contributed by atoms with van der Waals surface area (Å²) in [6, 6.07) is 12.9. The molecule has 0 aliphatic rings. The average molecular weight is 267 g/mol. The molecule has 4 heteroatoms. The second kappa shape index (κ2) is 7.21. The molecule has 1 atom stereocenters. The van der Waals surface area contributed by atoms with Gasteiger partial charge in [0.25, 0.3) is 5.91 Å². The van der Waals surface area contributed by atoms with E-state index in [0.717, 1.165) is 5.56 Å². The number of pyridine rings is 1. The Bertz CT molecular complexity index is 554. The Morgan fingerprint density at radius 2 is 2.05 bits per heavy atom. The summed E-state index contributed by atoms with van der Waals surface area (Å²) in [5, 5.41) is 0. The van der Waals surface area contributed by atoms with Crippen LogP contribution in [0, 0.1) is 0 Å². The fourth-order valence-electron chi connectivity index (χ4n) is 1.84. The Morgan fingerprint density at radius 1 is 1.25 bits per heavy atom. The van der Waals surface area contributed by atoms with Gasteiger partial charge in [-0.05, 0) is 30.2 Å². The summed E-state index contributed by atoms with van der Waals surface area (Å²) in [5.74, 6) is -0.163. The van der Waals surface area contributed by atoms with Gasteiger partial charge in [-0.2, -0.15) is 0 Å². The van der Waals surface area contributed by atoms with Crippen LogP contribution in [0.1, 0.15) is 28.4 Å². The molecule has 2 N–H and O–H groups in total. The van der Waals surface area contributed by atoms with E-state index in [9.17, 15) is 4.79 Å². The summed E-state index contributed by atoms with van der Waals surface area (Å²) in [6.45, 7) is 3.74. The minimum absolute atomic E-state index is 0.0473. The Hall–Kier alpha value is -2.46. The van der Waals surface area contributed by atoms with Gasteiger partial charge in [0, 0.05) is 18.0 Å². The lowest BCUT2D eigenvalue weighted by atomic mass is 10.1. The molecule has 1 unspecified atom stereocenters. The largest absolute Gasteiger partial charge is 0.287 e. The quantitative estimate of drug-likeness (QED) is 0.625. The number of rotatable bonds is 6. The van der Waals surface area contributed by atoms with Crippen molar-refractivity contribution < 1.29 is 4.79 Å². The van der Waals surface area contributed by atoms with Crippen molar-refractivity contribution in [2.75, 3.05) is 0 Å². The van der Waals surface area contributed by atoms with E-state index in [1.165, 1.54) is 0 Å². The molecule has 2 rings (SSSR count).